The highest BCUT2D eigenvalue weighted by Crippen LogP contribution is 2.09. The van der Waals surface area contributed by atoms with Gasteiger partial charge in [0.05, 0.1) is 12.1 Å². The van der Waals surface area contributed by atoms with E-state index in [9.17, 15) is 4.79 Å². The van der Waals surface area contributed by atoms with Crippen molar-refractivity contribution >= 4 is 5.78 Å². The molecular formula is C20H22N4O. The first-order valence-corrected chi connectivity index (χ1v) is 8.71. The number of ketones is 1. The number of tetrazole rings is 1. The third-order valence-corrected chi connectivity index (χ3v) is 4.06. The van der Waals surface area contributed by atoms with E-state index in [2.05, 4.69) is 39.7 Å². The molecule has 0 atom stereocenters. The van der Waals surface area contributed by atoms with Gasteiger partial charge in [-0.1, -0.05) is 55.0 Å². The van der Waals surface area contributed by atoms with E-state index < -0.39 is 0 Å². The first kappa shape index (κ1) is 17.0. The first-order chi connectivity index (χ1) is 12.3. The number of unbranched alkanes of at least 4 members (excludes halogenated alkanes) is 2. The summed E-state index contributed by atoms with van der Waals surface area (Å²) >= 11 is 0. The van der Waals surface area contributed by atoms with Crippen molar-refractivity contribution in [3.05, 3.63) is 72.1 Å². The van der Waals surface area contributed by atoms with Crippen LogP contribution < -0.4 is 0 Å². The van der Waals surface area contributed by atoms with Crippen molar-refractivity contribution in [3.63, 3.8) is 0 Å². The van der Waals surface area contributed by atoms with Crippen LogP contribution in [0.3, 0.4) is 0 Å². The second-order valence-electron chi connectivity index (χ2n) is 6.09. The summed E-state index contributed by atoms with van der Waals surface area (Å²) in [5, 5.41) is 12.3. The molecule has 25 heavy (non-hydrogen) atoms. The fourth-order valence-electron chi connectivity index (χ4n) is 2.72. The van der Waals surface area contributed by atoms with Crippen LogP contribution in [0.15, 0.2) is 60.7 Å². The Morgan fingerprint density at radius 2 is 1.60 bits per heavy atom. The molecule has 3 rings (SSSR count). The Hall–Kier alpha value is -2.82. The van der Waals surface area contributed by atoms with Crippen LogP contribution in [0.1, 0.15) is 37.1 Å². The molecule has 0 amide bonds. The minimum atomic E-state index is 0.173. The highest BCUT2D eigenvalue weighted by molar-refractivity contribution is 5.79. The summed E-state index contributed by atoms with van der Waals surface area (Å²) in [4.78, 5) is 13.5. The maximum atomic E-state index is 12.1. The lowest BCUT2D eigenvalue weighted by molar-refractivity contribution is -0.118. The summed E-state index contributed by atoms with van der Waals surface area (Å²) < 4.78 is 0. The standard InChI is InChI=1S/C20H22N4O/c25-19(15-9-2-6-12-17-10-4-1-5-11-17)16-20-21-23-24(22-20)18-13-7-3-8-14-18/h1,3-5,7-8,10-11,13-14H,2,6,9,12,15-16H2. The van der Waals surface area contributed by atoms with Crippen LogP contribution in [0.4, 0.5) is 0 Å². The lowest BCUT2D eigenvalue weighted by Gasteiger charge is -2.01. The van der Waals surface area contributed by atoms with Crippen molar-refractivity contribution in [3.8, 4) is 5.69 Å². The number of aromatic nitrogens is 4. The first-order valence-electron chi connectivity index (χ1n) is 8.71. The number of aryl methyl sites for hydroxylation is 1. The average molecular weight is 334 g/mol. The van der Waals surface area contributed by atoms with Crippen LogP contribution in [0.25, 0.3) is 5.69 Å². The maximum absolute atomic E-state index is 12.1. The Kier molecular flexibility index (Phi) is 6.04. The largest absolute Gasteiger partial charge is 0.299 e. The molecule has 0 saturated heterocycles. The molecule has 3 aromatic rings. The van der Waals surface area contributed by atoms with Crippen LogP contribution >= 0.6 is 0 Å². The van der Waals surface area contributed by atoms with E-state index in [0.29, 0.717) is 12.2 Å². The van der Waals surface area contributed by atoms with Gasteiger partial charge in [0.25, 0.3) is 0 Å². The van der Waals surface area contributed by atoms with Crippen molar-refractivity contribution in [1.82, 2.24) is 20.2 Å². The monoisotopic (exact) mass is 334 g/mol. The number of carbonyl (C=O) groups excluding carboxylic acids is 1. The molecule has 0 N–H and O–H groups in total. The average Bonchev–Trinajstić information content (AvgIpc) is 3.11. The van der Waals surface area contributed by atoms with Crippen LogP contribution in [0, 0.1) is 0 Å². The molecule has 0 aliphatic heterocycles. The molecule has 5 heteroatoms. The third-order valence-electron chi connectivity index (χ3n) is 4.06. The third kappa shape index (κ3) is 5.35. The molecule has 0 bridgehead atoms. The fourth-order valence-corrected chi connectivity index (χ4v) is 2.72. The molecule has 2 aromatic carbocycles. The lowest BCUT2D eigenvalue weighted by atomic mass is 10.0. The van der Waals surface area contributed by atoms with Gasteiger partial charge in [0.2, 0.25) is 0 Å². The summed E-state index contributed by atoms with van der Waals surface area (Å²) in [6, 6.07) is 20.0. The van der Waals surface area contributed by atoms with Crippen molar-refractivity contribution in [2.45, 2.75) is 38.5 Å². The van der Waals surface area contributed by atoms with E-state index in [4.69, 9.17) is 0 Å². The van der Waals surface area contributed by atoms with E-state index in [1.165, 1.54) is 10.4 Å². The van der Waals surface area contributed by atoms with Gasteiger partial charge < -0.3 is 0 Å². The number of para-hydroxylation sites is 1. The van der Waals surface area contributed by atoms with E-state index in [-0.39, 0.29) is 12.2 Å². The Labute approximate surface area is 147 Å². The van der Waals surface area contributed by atoms with Crippen LogP contribution in [0.2, 0.25) is 0 Å². The quantitative estimate of drug-likeness (QED) is 0.561. The van der Waals surface area contributed by atoms with Gasteiger partial charge in [0.15, 0.2) is 5.82 Å². The molecule has 1 aromatic heterocycles. The van der Waals surface area contributed by atoms with Crippen LogP contribution in [-0.4, -0.2) is 26.0 Å². The Morgan fingerprint density at radius 3 is 2.36 bits per heavy atom. The molecular weight excluding hydrogens is 312 g/mol. The Morgan fingerprint density at radius 1 is 0.880 bits per heavy atom. The van der Waals surface area contributed by atoms with Gasteiger partial charge in [0, 0.05) is 6.42 Å². The minimum Gasteiger partial charge on any atom is -0.299 e. The SMILES string of the molecule is O=C(CCCCCc1ccccc1)Cc1nnn(-c2ccccc2)n1. The zero-order valence-corrected chi connectivity index (χ0v) is 14.2. The molecule has 0 spiro atoms. The van der Waals surface area contributed by atoms with Gasteiger partial charge in [0.1, 0.15) is 5.78 Å². The Balaban J connectivity index is 1.37. The fraction of sp³-hybridized carbons (Fsp3) is 0.300. The molecule has 0 aliphatic rings. The van der Waals surface area contributed by atoms with E-state index in [0.717, 1.165) is 31.4 Å². The number of carbonyl (C=O) groups is 1. The molecule has 0 aliphatic carbocycles. The molecule has 128 valence electrons. The minimum absolute atomic E-state index is 0.173. The van der Waals surface area contributed by atoms with Gasteiger partial charge in [-0.2, -0.15) is 0 Å². The molecule has 1 heterocycles. The zero-order valence-electron chi connectivity index (χ0n) is 14.2. The van der Waals surface area contributed by atoms with Crippen molar-refractivity contribution in [2.75, 3.05) is 0 Å². The highest BCUT2D eigenvalue weighted by Gasteiger charge is 2.10. The summed E-state index contributed by atoms with van der Waals surface area (Å²) in [7, 11) is 0. The molecule has 0 saturated carbocycles. The predicted molar refractivity (Wildman–Crippen MR) is 96.5 cm³/mol. The van der Waals surface area contributed by atoms with E-state index in [1.54, 1.807) is 0 Å². The van der Waals surface area contributed by atoms with Crippen molar-refractivity contribution < 1.29 is 4.79 Å². The van der Waals surface area contributed by atoms with E-state index >= 15 is 0 Å². The topological polar surface area (TPSA) is 60.7 Å². The number of Topliss-reactive ketones (excluding diaryl/α,β-unsaturated/α-hetero) is 1. The maximum Gasteiger partial charge on any atom is 0.182 e. The molecule has 5 nitrogen and oxygen atoms in total. The zero-order chi connectivity index (χ0) is 17.3. The second kappa shape index (κ2) is 8.87. The second-order valence-corrected chi connectivity index (χ2v) is 6.09. The number of benzene rings is 2. The summed E-state index contributed by atoms with van der Waals surface area (Å²) in [5.74, 6) is 0.658. The summed E-state index contributed by atoms with van der Waals surface area (Å²) in [5.41, 5.74) is 2.20. The van der Waals surface area contributed by atoms with Crippen LogP contribution in [-0.2, 0) is 17.6 Å². The number of rotatable bonds is 9. The highest BCUT2D eigenvalue weighted by atomic mass is 16.1. The molecule has 0 unspecified atom stereocenters. The smallest absolute Gasteiger partial charge is 0.182 e. The van der Waals surface area contributed by atoms with Crippen molar-refractivity contribution in [1.29, 1.82) is 0 Å². The van der Waals surface area contributed by atoms with Gasteiger partial charge in [-0.3, -0.25) is 4.79 Å². The molecule has 0 fully saturated rings. The number of nitrogens with zero attached hydrogens (tertiary/aromatic N) is 4. The molecule has 0 radical (unpaired) electrons. The van der Waals surface area contributed by atoms with E-state index in [1.807, 2.05) is 36.4 Å². The van der Waals surface area contributed by atoms with Gasteiger partial charge in [-0.25, -0.2) is 0 Å². The van der Waals surface area contributed by atoms with Crippen LogP contribution in [0.5, 0.6) is 0 Å². The predicted octanol–water partition coefficient (Wildman–Crippen LogP) is 3.58. The lowest BCUT2D eigenvalue weighted by Crippen LogP contribution is -2.05. The summed E-state index contributed by atoms with van der Waals surface area (Å²) in [6.45, 7) is 0. The van der Waals surface area contributed by atoms with Gasteiger partial charge in [-0.05, 0) is 42.2 Å². The van der Waals surface area contributed by atoms with Gasteiger partial charge >= 0.3 is 0 Å². The number of hydrogen-bond acceptors (Lipinski definition) is 4. The number of hydrogen-bond donors (Lipinski definition) is 0. The van der Waals surface area contributed by atoms with Crippen molar-refractivity contribution in [2.24, 2.45) is 0 Å². The normalized spacial score (nSPS) is 10.7. The Bertz CT molecular complexity index is 784. The van der Waals surface area contributed by atoms with Gasteiger partial charge in [-0.15, -0.1) is 15.0 Å². The summed E-state index contributed by atoms with van der Waals surface area (Å²) in [6.07, 6.45) is 4.99.